The van der Waals surface area contributed by atoms with Crippen LogP contribution >= 0.6 is 11.3 Å². The average Bonchev–Trinajstić information content (AvgIpc) is 3.35. The molecular formula is C20H17N3O4S. The van der Waals surface area contributed by atoms with Gasteiger partial charge in [-0.1, -0.05) is 17.3 Å². The number of nitrogens with zero attached hydrogens (tertiary/aromatic N) is 2. The molecule has 0 aliphatic rings. The van der Waals surface area contributed by atoms with E-state index in [4.69, 9.17) is 14.0 Å². The number of carbonyl (C=O) groups is 1. The van der Waals surface area contributed by atoms with Gasteiger partial charge in [0, 0.05) is 16.3 Å². The highest BCUT2D eigenvalue weighted by Gasteiger charge is 2.15. The van der Waals surface area contributed by atoms with Gasteiger partial charge >= 0.3 is 0 Å². The summed E-state index contributed by atoms with van der Waals surface area (Å²) in [6.45, 7) is 0. The first-order valence-corrected chi connectivity index (χ1v) is 9.37. The third-order valence-electron chi connectivity index (χ3n) is 4.21. The van der Waals surface area contributed by atoms with Crippen LogP contribution in [-0.2, 0) is 11.2 Å². The van der Waals surface area contributed by atoms with Crippen LogP contribution in [0.15, 0.2) is 52.4 Å². The number of para-hydroxylation sites is 1. The SMILES string of the molecule is COc1ccc(OC)c(-c2csc(NC(=O)Cc3noc4ccccc34)n2)c1. The fourth-order valence-corrected chi connectivity index (χ4v) is 3.58. The van der Waals surface area contributed by atoms with Crippen molar-refractivity contribution in [3.05, 3.63) is 53.5 Å². The highest BCUT2D eigenvalue weighted by atomic mass is 32.1. The van der Waals surface area contributed by atoms with Crippen molar-refractivity contribution < 1.29 is 18.8 Å². The molecule has 2 aromatic heterocycles. The molecule has 142 valence electrons. The van der Waals surface area contributed by atoms with E-state index < -0.39 is 0 Å². The Morgan fingerprint density at radius 2 is 2.04 bits per heavy atom. The van der Waals surface area contributed by atoms with Crippen LogP contribution in [0.5, 0.6) is 11.5 Å². The molecule has 0 saturated heterocycles. The maximum Gasteiger partial charge on any atom is 0.232 e. The van der Waals surface area contributed by atoms with Crippen molar-refractivity contribution >= 4 is 33.3 Å². The summed E-state index contributed by atoms with van der Waals surface area (Å²) in [6, 6.07) is 12.9. The predicted octanol–water partition coefficient (Wildman–Crippen LogP) is 4.15. The van der Waals surface area contributed by atoms with Gasteiger partial charge in [0.15, 0.2) is 10.7 Å². The monoisotopic (exact) mass is 395 g/mol. The minimum Gasteiger partial charge on any atom is -0.497 e. The third kappa shape index (κ3) is 3.54. The maximum absolute atomic E-state index is 12.4. The van der Waals surface area contributed by atoms with E-state index in [2.05, 4.69) is 15.5 Å². The lowest BCUT2D eigenvalue weighted by Crippen LogP contribution is -2.14. The van der Waals surface area contributed by atoms with Crippen LogP contribution in [0.3, 0.4) is 0 Å². The number of thiazole rings is 1. The molecule has 0 bridgehead atoms. The van der Waals surface area contributed by atoms with Gasteiger partial charge in [0.25, 0.3) is 0 Å². The van der Waals surface area contributed by atoms with Crippen LogP contribution in [-0.4, -0.2) is 30.3 Å². The second-order valence-electron chi connectivity index (χ2n) is 5.95. The maximum atomic E-state index is 12.4. The Hall–Kier alpha value is -3.39. The molecule has 0 atom stereocenters. The number of methoxy groups -OCH3 is 2. The van der Waals surface area contributed by atoms with Crippen molar-refractivity contribution in [3.63, 3.8) is 0 Å². The first-order chi connectivity index (χ1) is 13.7. The minimum absolute atomic E-state index is 0.106. The number of benzene rings is 2. The number of amides is 1. The second kappa shape index (κ2) is 7.69. The van der Waals surface area contributed by atoms with Crippen molar-refractivity contribution in [2.45, 2.75) is 6.42 Å². The number of nitrogens with one attached hydrogen (secondary N) is 1. The lowest BCUT2D eigenvalue weighted by atomic mass is 10.1. The Labute approximate surface area is 164 Å². The molecule has 8 heteroatoms. The van der Waals surface area contributed by atoms with Crippen LogP contribution in [0.1, 0.15) is 5.69 Å². The largest absolute Gasteiger partial charge is 0.497 e. The number of hydrogen-bond donors (Lipinski definition) is 1. The summed E-state index contributed by atoms with van der Waals surface area (Å²) in [5.41, 5.74) is 2.75. The molecule has 0 spiro atoms. The molecule has 0 fully saturated rings. The van der Waals surface area contributed by atoms with E-state index >= 15 is 0 Å². The summed E-state index contributed by atoms with van der Waals surface area (Å²) in [5, 5.41) is 9.99. The van der Waals surface area contributed by atoms with Crippen LogP contribution in [0.25, 0.3) is 22.2 Å². The summed E-state index contributed by atoms with van der Waals surface area (Å²) in [4.78, 5) is 16.9. The van der Waals surface area contributed by atoms with Crippen LogP contribution < -0.4 is 14.8 Å². The Kier molecular flexibility index (Phi) is 4.94. The lowest BCUT2D eigenvalue weighted by Gasteiger charge is -2.08. The summed E-state index contributed by atoms with van der Waals surface area (Å²) < 4.78 is 15.9. The molecule has 2 aromatic carbocycles. The second-order valence-corrected chi connectivity index (χ2v) is 6.81. The summed E-state index contributed by atoms with van der Waals surface area (Å²) in [6.07, 6.45) is 0.106. The van der Waals surface area contributed by atoms with Crippen molar-refractivity contribution in [2.75, 3.05) is 19.5 Å². The Morgan fingerprint density at radius 1 is 1.18 bits per heavy atom. The Morgan fingerprint density at radius 3 is 2.86 bits per heavy atom. The molecule has 2 heterocycles. The van der Waals surface area contributed by atoms with Crippen molar-refractivity contribution in [2.24, 2.45) is 0 Å². The molecule has 0 aliphatic heterocycles. The number of fused-ring (bicyclic) bond motifs is 1. The van der Waals surface area contributed by atoms with Gasteiger partial charge in [-0.05, 0) is 30.3 Å². The van der Waals surface area contributed by atoms with Crippen LogP contribution in [0, 0.1) is 0 Å². The van der Waals surface area contributed by atoms with Crippen molar-refractivity contribution in [3.8, 4) is 22.8 Å². The fraction of sp³-hybridized carbons (Fsp3) is 0.150. The molecule has 0 radical (unpaired) electrons. The average molecular weight is 395 g/mol. The molecule has 28 heavy (non-hydrogen) atoms. The van der Waals surface area contributed by atoms with E-state index in [1.807, 2.05) is 47.8 Å². The van der Waals surface area contributed by atoms with Gasteiger partial charge in [-0.2, -0.15) is 0 Å². The molecule has 4 aromatic rings. The predicted molar refractivity (Wildman–Crippen MR) is 107 cm³/mol. The summed E-state index contributed by atoms with van der Waals surface area (Å²) in [7, 11) is 3.20. The smallest absolute Gasteiger partial charge is 0.232 e. The number of ether oxygens (including phenoxy) is 2. The van der Waals surface area contributed by atoms with E-state index in [9.17, 15) is 4.79 Å². The molecule has 0 unspecified atom stereocenters. The van der Waals surface area contributed by atoms with Gasteiger partial charge in [0.1, 0.15) is 17.2 Å². The zero-order chi connectivity index (χ0) is 19.5. The topological polar surface area (TPSA) is 86.5 Å². The number of carbonyl (C=O) groups excluding carboxylic acids is 1. The number of anilines is 1. The molecule has 1 N–H and O–H groups in total. The molecule has 0 aliphatic carbocycles. The van der Waals surface area contributed by atoms with Gasteiger partial charge in [-0.25, -0.2) is 4.98 Å². The number of aromatic nitrogens is 2. The summed E-state index contributed by atoms with van der Waals surface area (Å²) >= 11 is 1.34. The number of hydrogen-bond acceptors (Lipinski definition) is 7. The van der Waals surface area contributed by atoms with Gasteiger partial charge in [-0.15, -0.1) is 11.3 Å². The zero-order valence-electron chi connectivity index (χ0n) is 15.3. The first-order valence-electron chi connectivity index (χ1n) is 8.49. The molecule has 1 amide bonds. The quantitative estimate of drug-likeness (QED) is 0.528. The highest BCUT2D eigenvalue weighted by Crippen LogP contribution is 2.35. The zero-order valence-corrected chi connectivity index (χ0v) is 16.1. The molecule has 0 saturated carbocycles. The third-order valence-corrected chi connectivity index (χ3v) is 4.97. The van der Waals surface area contributed by atoms with E-state index in [-0.39, 0.29) is 12.3 Å². The van der Waals surface area contributed by atoms with E-state index in [1.54, 1.807) is 14.2 Å². The molecule has 7 nitrogen and oxygen atoms in total. The molecular weight excluding hydrogens is 378 g/mol. The lowest BCUT2D eigenvalue weighted by molar-refractivity contribution is -0.115. The Bertz CT molecular complexity index is 1140. The summed E-state index contributed by atoms with van der Waals surface area (Å²) in [5.74, 6) is 1.17. The Balaban J connectivity index is 1.51. The standard InChI is InChI=1S/C20H17N3O4S/c1-25-12-7-8-17(26-2)14(9-12)16-11-28-20(21-16)22-19(24)10-15-13-5-3-4-6-18(13)27-23-15/h3-9,11H,10H2,1-2H3,(H,21,22,24). The van der Waals surface area contributed by atoms with Crippen LogP contribution in [0.4, 0.5) is 5.13 Å². The number of rotatable bonds is 6. The van der Waals surface area contributed by atoms with Crippen molar-refractivity contribution in [1.29, 1.82) is 0 Å². The van der Waals surface area contributed by atoms with Gasteiger partial charge in [0.05, 0.1) is 26.3 Å². The van der Waals surface area contributed by atoms with E-state index in [0.717, 1.165) is 10.9 Å². The van der Waals surface area contributed by atoms with Gasteiger partial charge in [-0.3, -0.25) is 4.79 Å². The minimum atomic E-state index is -0.211. The van der Waals surface area contributed by atoms with Crippen LogP contribution in [0.2, 0.25) is 0 Å². The van der Waals surface area contributed by atoms with E-state index in [1.165, 1.54) is 11.3 Å². The highest BCUT2D eigenvalue weighted by molar-refractivity contribution is 7.14. The van der Waals surface area contributed by atoms with Gasteiger partial charge < -0.3 is 19.3 Å². The first kappa shape index (κ1) is 18.0. The van der Waals surface area contributed by atoms with Gasteiger partial charge in [0.2, 0.25) is 5.91 Å². The van der Waals surface area contributed by atoms with Crippen molar-refractivity contribution in [1.82, 2.24) is 10.1 Å². The molecule has 4 rings (SSSR count). The normalized spacial score (nSPS) is 10.8. The van der Waals surface area contributed by atoms with E-state index in [0.29, 0.717) is 33.6 Å². The fourth-order valence-electron chi connectivity index (χ4n) is 2.85.